The van der Waals surface area contributed by atoms with Gasteiger partial charge in [-0.25, -0.2) is 4.98 Å². The van der Waals surface area contributed by atoms with Crippen LogP contribution in [-0.4, -0.2) is 43.9 Å². The minimum Gasteiger partial charge on any atom is -0.329 e. The molecule has 5 heteroatoms. The van der Waals surface area contributed by atoms with Gasteiger partial charge in [0.1, 0.15) is 0 Å². The van der Waals surface area contributed by atoms with Gasteiger partial charge in [-0.1, -0.05) is 19.8 Å². The topological polar surface area (TPSA) is 38.9 Å². The van der Waals surface area contributed by atoms with Gasteiger partial charge in [-0.15, -0.1) is 0 Å². The molecule has 2 aromatic heterocycles. The van der Waals surface area contributed by atoms with Gasteiger partial charge >= 0.3 is 0 Å². The first-order valence-electron chi connectivity index (χ1n) is 9.36. The number of hydrogen-bond acceptors (Lipinski definition) is 3. The van der Waals surface area contributed by atoms with Crippen LogP contribution >= 0.6 is 0 Å². The van der Waals surface area contributed by atoms with E-state index in [1.165, 1.54) is 42.6 Å². The standard InChI is InChI=1S/C19H31N5/c1-5-10-24-16(3)19(15(2)21-24)18-13-20-14-23(18)12-11-22(4)17-8-6-7-9-17/h13-14,17H,5-12H2,1-4H3. The molecule has 1 saturated carbocycles. The van der Waals surface area contributed by atoms with E-state index in [-0.39, 0.29) is 0 Å². The quantitative estimate of drug-likeness (QED) is 0.778. The van der Waals surface area contributed by atoms with Crippen molar-refractivity contribution in [2.24, 2.45) is 0 Å². The van der Waals surface area contributed by atoms with Crippen LogP contribution < -0.4 is 0 Å². The fourth-order valence-corrected chi connectivity index (χ4v) is 4.00. The minimum absolute atomic E-state index is 0.771. The normalized spacial score (nSPS) is 15.7. The summed E-state index contributed by atoms with van der Waals surface area (Å²) in [5, 5.41) is 4.72. The highest BCUT2D eigenvalue weighted by Gasteiger charge is 2.20. The maximum absolute atomic E-state index is 4.72. The molecule has 0 amide bonds. The second kappa shape index (κ2) is 7.51. The van der Waals surface area contributed by atoms with Crippen LogP contribution in [0.15, 0.2) is 12.5 Å². The van der Waals surface area contributed by atoms with Gasteiger partial charge < -0.3 is 9.47 Å². The van der Waals surface area contributed by atoms with Crippen LogP contribution in [0, 0.1) is 13.8 Å². The molecular formula is C19H31N5. The van der Waals surface area contributed by atoms with Gasteiger partial charge in [0.25, 0.3) is 0 Å². The van der Waals surface area contributed by atoms with Gasteiger partial charge in [0, 0.05) is 36.9 Å². The van der Waals surface area contributed by atoms with Crippen LogP contribution in [0.1, 0.15) is 50.4 Å². The Hall–Kier alpha value is -1.62. The summed E-state index contributed by atoms with van der Waals surface area (Å²) in [5.74, 6) is 0. The molecule has 0 bridgehead atoms. The third-order valence-corrected chi connectivity index (χ3v) is 5.43. The predicted octanol–water partition coefficient (Wildman–Crippen LogP) is 3.65. The highest BCUT2D eigenvalue weighted by Crippen LogP contribution is 2.27. The highest BCUT2D eigenvalue weighted by molar-refractivity contribution is 5.64. The van der Waals surface area contributed by atoms with Gasteiger partial charge in [0.15, 0.2) is 0 Å². The first-order chi connectivity index (χ1) is 11.6. The average molecular weight is 329 g/mol. The zero-order chi connectivity index (χ0) is 17.1. The van der Waals surface area contributed by atoms with E-state index < -0.39 is 0 Å². The number of hydrogen-bond donors (Lipinski definition) is 0. The van der Waals surface area contributed by atoms with Crippen LogP contribution in [0.3, 0.4) is 0 Å². The lowest BCUT2D eigenvalue weighted by Gasteiger charge is -2.24. The molecule has 1 fully saturated rings. The first kappa shape index (κ1) is 17.2. The number of aromatic nitrogens is 4. The summed E-state index contributed by atoms with van der Waals surface area (Å²) in [6, 6.07) is 0.771. The van der Waals surface area contributed by atoms with E-state index in [1.54, 1.807) is 0 Å². The molecule has 0 N–H and O–H groups in total. The summed E-state index contributed by atoms with van der Waals surface area (Å²) >= 11 is 0. The molecule has 0 spiro atoms. The van der Waals surface area contributed by atoms with Crippen LogP contribution in [-0.2, 0) is 13.1 Å². The lowest BCUT2D eigenvalue weighted by molar-refractivity contribution is 0.237. The van der Waals surface area contributed by atoms with Crippen molar-refractivity contribution >= 4 is 0 Å². The Labute approximate surface area is 145 Å². The Morgan fingerprint density at radius 2 is 1.96 bits per heavy atom. The number of nitrogens with zero attached hydrogens (tertiary/aromatic N) is 5. The summed E-state index contributed by atoms with van der Waals surface area (Å²) in [6.45, 7) is 9.52. The largest absolute Gasteiger partial charge is 0.329 e. The van der Waals surface area contributed by atoms with E-state index in [4.69, 9.17) is 5.10 Å². The Kier molecular flexibility index (Phi) is 5.39. The Morgan fingerprint density at radius 3 is 2.67 bits per heavy atom. The minimum atomic E-state index is 0.771. The molecule has 132 valence electrons. The van der Waals surface area contributed by atoms with Crippen LogP contribution in [0.25, 0.3) is 11.3 Å². The van der Waals surface area contributed by atoms with Gasteiger partial charge in [0.05, 0.1) is 23.9 Å². The molecule has 0 unspecified atom stereocenters. The molecule has 0 saturated heterocycles. The number of rotatable bonds is 7. The van der Waals surface area contributed by atoms with Crippen molar-refractivity contribution in [1.29, 1.82) is 0 Å². The van der Waals surface area contributed by atoms with E-state index in [9.17, 15) is 0 Å². The van der Waals surface area contributed by atoms with Crippen LogP contribution in [0.5, 0.6) is 0 Å². The fraction of sp³-hybridized carbons (Fsp3) is 0.684. The monoisotopic (exact) mass is 329 g/mol. The molecule has 2 heterocycles. The number of likely N-dealkylation sites (N-methyl/N-ethyl adjacent to an activating group) is 1. The summed E-state index contributed by atoms with van der Waals surface area (Å²) in [6.07, 6.45) is 10.6. The summed E-state index contributed by atoms with van der Waals surface area (Å²) < 4.78 is 4.42. The van der Waals surface area contributed by atoms with Crippen LogP contribution in [0.4, 0.5) is 0 Å². The molecule has 0 aromatic carbocycles. The summed E-state index contributed by atoms with van der Waals surface area (Å²) in [4.78, 5) is 6.94. The zero-order valence-corrected chi connectivity index (χ0v) is 15.6. The molecular weight excluding hydrogens is 298 g/mol. The van der Waals surface area contributed by atoms with Crippen molar-refractivity contribution in [3.8, 4) is 11.3 Å². The number of aryl methyl sites for hydroxylation is 2. The molecule has 0 radical (unpaired) electrons. The summed E-state index contributed by atoms with van der Waals surface area (Å²) in [5.41, 5.74) is 4.81. The lowest BCUT2D eigenvalue weighted by Crippen LogP contribution is -2.32. The third-order valence-electron chi connectivity index (χ3n) is 5.43. The first-order valence-corrected chi connectivity index (χ1v) is 9.36. The van der Waals surface area contributed by atoms with Crippen molar-refractivity contribution < 1.29 is 0 Å². The van der Waals surface area contributed by atoms with Gasteiger partial charge in [-0.05, 0) is 40.2 Å². The molecule has 5 nitrogen and oxygen atoms in total. The SMILES string of the molecule is CCCn1nc(C)c(-c2cncn2CCN(C)C2CCCC2)c1C. The molecule has 1 aliphatic carbocycles. The van der Waals surface area contributed by atoms with Gasteiger partial charge in [-0.3, -0.25) is 4.68 Å². The van der Waals surface area contributed by atoms with Crippen LogP contribution in [0.2, 0.25) is 0 Å². The molecule has 1 aliphatic rings. The van der Waals surface area contributed by atoms with Crippen molar-refractivity contribution in [1.82, 2.24) is 24.2 Å². The Morgan fingerprint density at radius 1 is 1.21 bits per heavy atom. The maximum Gasteiger partial charge on any atom is 0.0951 e. The van der Waals surface area contributed by atoms with E-state index in [0.717, 1.165) is 37.8 Å². The summed E-state index contributed by atoms with van der Waals surface area (Å²) in [7, 11) is 2.27. The van der Waals surface area contributed by atoms with E-state index >= 15 is 0 Å². The van der Waals surface area contributed by atoms with Crippen molar-refractivity contribution in [2.75, 3.05) is 13.6 Å². The van der Waals surface area contributed by atoms with Crippen molar-refractivity contribution in [3.63, 3.8) is 0 Å². The second-order valence-corrected chi connectivity index (χ2v) is 7.16. The molecule has 3 rings (SSSR count). The van der Waals surface area contributed by atoms with Crippen molar-refractivity contribution in [3.05, 3.63) is 23.9 Å². The second-order valence-electron chi connectivity index (χ2n) is 7.16. The lowest BCUT2D eigenvalue weighted by atomic mass is 10.1. The molecule has 0 atom stereocenters. The third kappa shape index (κ3) is 3.41. The van der Waals surface area contributed by atoms with E-state index in [0.29, 0.717) is 0 Å². The van der Waals surface area contributed by atoms with E-state index in [2.05, 4.69) is 47.0 Å². The highest BCUT2D eigenvalue weighted by atomic mass is 15.3. The molecule has 24 heavy (non-hydrogen) atoms. The van der Waals surface area contributed by atoms with Gasteiger partial charge in [-0.2, -0.15) is 5.10 Å². The number of imidazole rings is 1. The Bertz CT molecular complexity index is 663. The van der Waals surface area contributed by atoms with Gasteiger partial charge in [0.2, 0.25) is 0 Å². The maximum atomic E-state index is 4.72. The average Bonchev–Trinajstić information content (AvgIpc) is 3.28. The smallest absolute Gasteiger partial charge is 0.0951 e. The predicted molar refractivity (Wildman–Crippen MR) is 98.1 cm³/mol. The fourth-order valence-electron chi connectivity index (χ4n) is 4.00. The molecule has 0 aliphatic heterocycles. The van der Waals surface area contributed by atoms with Crippen molar-refractivity contribution in [2.45, 2.75) is 72.0 Å². The van der Waals surface area contributed by atoms with E-state index in [1.807, 2.05) is 12.5 Å². The zero-order valence-electron chi connectivity index (χ0n) is 15.6. The Balaban J connectivity index is 1.75. The molecule has 2 aromatic rings.